The van der Waals surface area contributed by atoms with Crippen LogP contribution in [0.4, 0.5) is 16.2 Å². The van der Waals surface area contributed by atoms with Crippen molar-refractivity contribution in [3.05, 3.63) is 29.3 Å². The lowest BCUT2D eigenvalue weighted by Crippen LogP contribution is -2.40. The highest BCUT2D eigenvalue weighted by Gasteiger charge is 2.28. The zero-order valence-electron chi connectivity index (χ0n) is 18.1. The highest BCUT2D eigenvalue weighted by molar-refractivity contribution is 5.84. The van der Waals surface area contributed by atoms with Gasteiger partial charge in [0.15, 0.2) is 17.0 Å². The smallest absolute Gasteiger partial charge is 0.229 e. The van der Waals surface area contributed by atoms with Crippen LogP contribution in [-0.2, 0) is 11.8 Å². The lowest BCUT2D eigenvalue weighted by molar-refractivity contribution is 0.0392. The molecular formula is C21H27FN8O. The Morgan fingerprint density at radius 2 is 1.87 bits per heavy atom. The van der Waals surface area contributed by atoms with Gasteiger partial charge in [-0.15, -0.1) is 0 Å². The Morgan fingerprint density at radius 1 is 1.03 bits per heavy atom. The van der Waals surface area contributed by atoms with Gasteiger partial charge in [0.25, 0.3) is 0 Å². The van der Waals surface area contributed by atoms with Crippen molar-refractivity contribution in [1.82, 2.24) is 29.7 Å². The average Bonchev–Trinajstić information content (AvgIpc) is 3.20. The van der Waals surface area contributed by atoms with Crippen LogP contribution in [0.1, 0.15) is 35.9 Å². The predicted molar refractivity (Wildman–Crippen MR) is 115 cm³/mol. The predicted octanol–water partition coefficient (Wildman–Crippen LogP) is 2.29. The first kappa shape index (κ1) is 20.0. The van der Waals surface area contributed by atoms with E-state index in [-0.39, 0.29) is 6.10 Å². The summed E-state index contributed by atoms with van der Waals surface area (Å²) >= 11 is 0. The molecule has 9 nitrogen and oxygen atoms in total. The van der Waals surface area contributed by atoms with Crippen molar-refractivity contribution in [3.8, 4) is 0 Å². The molecule has 0 aromatic carbocycles. The number of anilines is 2. The summed E-state index contributed by atoms with van der Waals surface area (Å²) < 4.78 is 21.9. The minimum absolute atomic E-state index is 0.110. The van der Waals surface area contributed by atoms with E-state index < -0.39 is 6.17 Å². The average molecular weight is 427 g/mol. The Bertz CT molecular complexity index is 1100. The summed E-state index contributed by atoms with van der Waals surface area (Å²) in [5, 5.41) is 4.26. The van der Waals surface area contributed by atoms with E-state index in [4.69, 9.17) is 19.7 Å². The molecule has 2 atom stereocenters. The molecule has 0 spiro atoms. The monoisotopic (exact) mass is 426 g/mol. The van der Waals surface area contributed by atoms with Crippen molar-refractivity contribution >= 4 is 22.9 Å². The molecule has 0 N–H and O–H groups in total. The number of aryl methyl sites for hydroxylation is 3. The summed E-state index contributed by atoms with van der Waals surface area (Å²) in [6, 6.07) is 0. The number of aromatic nitrogens is 6. The molecule has 2 aliphatic heterocycles. The van der Waals surface area contributed by atoms with Gasteiger partial charge >= 0.3 is 0 Å². The van der Waals surface area contributed by atoms with Crippen LogP contribution in [-0.4, -0.2) is 68.7 Å². The summed E-state index contributed by atoms with van der Waals surface area (Å²) in [4.78, 5) is 23.1. The Morgan fingerprint density at radius 3 is 2.65 bits per heavy atom. The maximum atomic E-state index is 14.2. The van der Waals surface area contributed by atoms with Crippen LogP contribution in [0.25, 0.3) is 11.2 Å². The van der Waals surface area contributed by atoms with Gasteiger partial charge in [-0.25, -0.2) is 14.4 Å². The second-order valence-corrected chi connectivity index (χ2v) is 8.35. The molecule has 0 unspecified atom stereocenters. The van der Waals surface area contributed by atoms with E-state index in [0.29, 0.717) is 55.6 Å². The minimum Gasteiger partial charge on any atom is -0.370 e. The van der Waals surface area contributed by atoms with Gasteiger partial charge in [0, 0.05) is 31.9 Å². The molecule has 31 heavy (non-hydrogen) atoms. The molecule has 2 fully saturated rings. The van der Waals surface area contributed by atoms with Crippen molar-refractivity contribution in [2.24, 2.45) is 7.05 Å². The zero-order valence-corrected chi connectivity index (χ0v) is 18.1. The van der Waals surface area contributed by atoms with Gasteiger partial charge in [0.1, 0.15) is 12.3 Å². The minimum atomic E-state index is -0.861. The van der Waals surface area contributed by atoms with Gasteiger partial charge in [-0.1, -0.05) is 0 Å². The van der Waals surface area contributed by atoms with Crippen molar-refractivity contribution in [3.63, 3.8) is 0 Å². The van der Waals surface area contributed by atoms with E-state index in [1.165, 1.54) is 0 Å². The Hall–Kier alpha value is -2.88. The first-order chi connectivity index (χ1) is 15.0. The Kier molecular flexibility index (Phi) is 5.17. The number of rotatable bonds is 3. The second-order valence-electron chi connectivity index (χ2n) is 8.35. The van der Waals surface area contributed by atoms with Crippen LogP contribution < -0.4 is 9.80 Å². The third kappa shape index (κ3) is 3.91. The Balaban J connectivity index is 1.54. The maximum Gasteiger partial charge on any atom is 0.229 e. The number of morpholine rings is 1. The highest BCUT2D eigenvalue weighted by atomic mass is 19.1. The van der Waals surface area contributed by atoms with Crippen molar-refractivity contribution in [2.75, 3.05) is 42.6 Å². The van der Waals surface area contributed by atoms with Crippen molar-refractivity contribution < 1.29 is 9.13 Å². The Labute approximate surface area is 180 Å². The van der Waals surface area contributed by atoms with Gasteiger partial charge in [0.05, 0.1) is 37.3 Å². The summed E-state index contributed by atoms with van der Waals surface area (Å²) in [5.41, 5.74) is 3.88. The van der Waals surface area contributed by atoms with E-state index in [1.54, 1.807) is 4.68 Å². The SMILES string of the molecule is Cc1nc2nc(N3CCO[C@H](c4cnn(C)c4)C3)nc(N3CCC[C@H](F)C3)c2nc1C. The van der Waals surface area contributed by atoms with Gasteiger partial charge in [-0.3, -0.25) is 4.68 Å². The fraction of sp³-hybridized carbons (Fsp3) is 0.571. The molecule has 0 bridgehead atoms. The molecule has 3 aromatic rings. The molecule has 5 heterocycles. The lowest BCUT2D eigenvalue weighted by atomic mass is 10.1. The standard InChI is InChI=1S/C21H27FN8O/c1-13-14(2)25-19-18(24-13)20(29-6-4-5-16(22)11-29)27-21(26-19)30-7-8-31-17(12-30)15-9-23-28(3)10-15/h9-10,16-17H,4-8,11-12H2,1-3H3/t16-,17-/m0/s1. The van der Waals surface area contributed by atoms with Gasteiger partial charge in [-0.05, 0) is 26.7 Å². The molecule has 0 aliphatic carbocycles. The van der Waals surface area contributed by atoms with E-state index in [1.807, 2.05) is 38.2 Å². The molecule has 10 heteroatoms. The summed E-state index contributed by atoms with van der Waals surface area (Å²) in [7, 11) is 1.89. The van der Waals surface area contributed by atoms with E-state index in [2.05, 4.69) is 15.0 Å². The highest BCUT2D eigenvalue weighted by Crippen LogP contribution is 2.30. The molecule has 5 rings (SSSR count). The zero-order chi connectivity index (χ0) is 21.5. The third-order valence-electron chi connectivity index (χ3n) is 6.02. The van der Waals surface area contributed by atoms with E-state index >= 15 is 0 Å². The number of ether oxygens (including phenoxy) is 1. The van der Waals surface area contributed by atoms with Crippen LogP contribution in [0.2, 0.25) is 0 Å². The summed E-state index contributed by atoms with van der Waals surface area (Å²) in [6.07, 6.45) is 4.20. The number of halogens is 1. The second kappa shape index (κ2) is 7.99. The lowest BCUT2D eigenvalue weighted by Gasteiger charge is -2.34. The van der Waals surface area contributed by atoms with E-state index in [9.17, 15) is 4.39 Å². The topological polar surface area (TPSA) is 85.1 Å². The number of piperidine rings is 1. The first-order valence-corrected chi connectivity index (χ1v) is 10.7. The van der Waals surface area contributed by atoms with Crippen LogP contribution in [0.5, 0.6) is 0 Å². The largest absolute Gasteiger partial charge is 0.370 e. The molecule has 164 valence electrons. The quantitative estimate of drug-likeness (QED) is 0.631. The summed E-state index contributed by atoms with van der Waals surface area (Å²) in [5.74, 6) is 1.25. The molecule has 2 aliphatic rings. The van der Waals surface area contributed by atoms with Crippen LogP contribution in [0.3, 0.4) is 0 Å². The first-order valence-electron chi connectivity index (χ1n) is 10.7. The number of alkyl halides is 1. The van der Waals surface area contributed by atoms with Gasteiger partial charge in [-0.2, -0.15) is 15.1 Å². The fourth-order valence-electron chi connectivity index (χ4n) is 4.21. The van der Waals surface area contributed by atoms with Gasteiger partial charge < -0.3 is 14.5 Å². The molecule has 0 amide bonds. The fourth-order valence-corrected chi connectivity index (χ4v) is 4.21. The summed E-state index contributed by atoms with van der Waals surface area (Å²) in [6.45, 7) is 6.77. The number of fused-ring (bicyclic) bond motifs is 1. The van der Waals surface area contributed by atoms with Crippen molar-refractivity contribution in [2.45, 2.75) is 39.0 Å². The van der Waals surface area contributed by atoms with Crippen molar-refractivity contribution in [1.29, 1.82) is 0 Å². The molecule has 2 saturated heterocycles. The normalized spacial score (nSPS) is 22.3. The number of hydrogen-bond acceptors (Lipinski definition) is 8. The number of nitrogens with zero attached hydrogens (tertiary/aromatic N) is 8. The third-order valence-corrected chi connectivity index (χ3v) is 6.02. The molecule has 0 saturated carbocycles. The number of hydrogen-bond donors (Lipinski definition) is 0. The molecule has 0 radical (unpaired) electrons. The van der Waals surface area contributed by atoms with Crippen LogP contribution >= 0.6 is 0 Å². The van der Waals surface area contributed by atoms with Crippen LogP contribution in [0.15, 0.2) is 12.4 Å². The maximum absolute atomic E-state index is 14.2. The van der Waals surface area contributed by atoms with E-state index in [0.717, 1.165) is 29.9 Å². The van der Waals surface area contributed by atoms with Crippen LogP contribution in [0, 0.1) is 13.8 Å². The molecular weight excluding hydrogens is 399 g/mol. The van der Waals surface area contributed by atoms with Gasteiger partial charge in [0.2, 0.25) is 5.95 Å². The molecule has 3 aromatic heterocycles.